The van der Waals surface area contributed by atoms with E-state index < -0.39 is 5.97 Å². The van der Waals surface area contributed by atoms with Gasteiger partial charge in [-0.3, -0.25) is 9.59 Å². The van der Waals surface area contributed by atoms with Crippen LogP contribution in [0.5, 0.6) is 0 Å². The van der Waals surface area contributed by atoms with Gasteiger partial charge in [-0.25, -0.2) is 0 Å². The van der Waals surface area contributed by atoms with Crippen LogP contribution in [0.25, 0.3) is 0 Å². The summed E-state index contributed by atoms with van der Waals surface area (Å²) in [6.45, 7) is 2.70. The van der Waals surface area contributed by atoms with Gasteiger partial charge in [-0.1, -0.05) is 19.8 Å². The zero-order valence-corrected chi connectivity index (χ0v) is 10.0. The van der Waals surface area contributed by atoms with Crippen molar-refractivity contribution in [2.45, 2.75) is 58.3 Å². The summed E-state index contributed by atoms with van der Waals surface area (Å²) < 4.78 is 4.76. The number of esters is 1. The highest BCUT2D eigenvalue weighted by molar-refractivity contribution is 5.69. The molecule has 16 heavy (non-hydrogen) atoms. The van der Waals surface area contributed by atoms with E-state index in [1.807, 2.05) is 0 Å². The van der Waals surface area contributed by atoms with Crippen molar-refractivity contribution in [1.29, 1.82) is 0 Å². The number of aliphatic carboxylic acids is 1. The van der Waals surface area contributed by atoms with Gasteiger partial charge in [0.15, 0.2) is 0 Å². The fraction of sp³-hybridized carbons (Fsp3) is 0.833. The molecule has 0 atom stereocenters. The van der Waals surface area contributed by atoms with Crippen LogP contribution in [-0.2, 0) is 14.3 Å². The van der Waals surface area contributed by atoms with E-state index in [1.165, 1.54) is 0 Å². The highest BCUT2D eigenvalue weighted by Gasteiger charge is 2.05. The van der Waals surface area contributed by atoms with E-state index in [4.69, 9.17) is 9.84 Å². The summed E-state index contributed by atoms with van der Waals surface area (Å²) in [5.74, 6) is -0.707. The lowest BCUT2D eigenvalue weighted by Crippen LogP contribution is -2.00. The molecule has 0 bridgehead atoms. The van der Waals surface area contributed by atoms with E-state index in [0.29, 0.717) is 19.4 Å². The quantitative estimate of drug-likeness (QED) is 0.595. The van der Waals surface area contributed by atoms with Crippen molar-refractivity contribution in [3.63, 3.8) is 0 Å². The van der Waals surface area contributed by atoms with Crippen LogP contribution in [0.1, 0.15) is 58.3 Å². The van der Waals surface area contributed by atoms with Crippen LogP contribution in [0, 0.1) is 0 Å². The lowest BCUT2D eigenvalue weighted by Gasteiger charge is -1.93. The minimum Gasteiger partial charge on any atom is -0.481 e. The number of unbranched alkanes of at least 4 members (excludes halogenated alkanes) is 2. The fourth-order valence-electron chi connectivity index (χ4n) is 1.33. The molecule has 1 aliphatic heterocycles. The summed E-state index contributed by atoms with van der Waals surface area (Å²) in [6, 6.07) is 0. The first-order chi connectivity index (χ1) is 7.66. The van der Waals surface area contributed by atoms with Gasteiger partial charge in [0.1, 0.15) is 0 Å². The van der Waals surface area contributed by atoms with Gasteiger partial charge < -0.3 is 9.84 Å². The first-order valence-corrected chi connectivity index (χ1v) is 6.04. The van der Waals surface area contributed by atoms with E-state index in [2.05, 4.69) is 6.92 Å². The topological polar surface area (TPSA) is 63.6 Å². The van der Waals surface area contributed by atoms with Crippen LogP contribution in [0.15, 0.2) is 0 Å². The lowest BCUT2D eigenvalue weighted by molar-refractivity contribution is -0.142. The van der Waals surface area contributed by atoms with Crippen LogP contribution >= 0.6 is 0 Å². The zero-order chi connectivity index (χ0) is 12.2. The monoisotopic (exact) mass is 230 g/mol. The van der Waals surface area contributed by atoms with E-state index >= 15 is 0 Å². The number of carboxylic acids is 1. The Morgan fingerprint density at radius 2 is 2.06 bits per heavy atom. The summed E-state index contributed by atoms with van der Waals surface area (Å²) in [5, 5.41) is 8.14. The number of hydrogen-bond donors (Lipinski definition) is 1. The molecule has 1 heterocycles. The molecule has 0 amide bonds. The molecule has 4 nitrogen and oxygen atoms in total. The maximum absolute atomic E-state index is 10.5. The smallest absolute Gasteiger partial charge is 0.305 e. The molecule has 1 rings (SSSR count). The number of carbonyl (C=O) groups is 2. The molecule has 0 spiro atoms. The van der Waals surface area contributed by atoms with Crippen LogP contribution in [0.3, 0.4) is 0 Å². The van der Waals surface area contributed by atoms with Crippen LogP contribution in [0.2, 0.25) is 0 Å². The fourth-order valence-corrected chi connectivity index (χ4v) is 1.33. The van der Waals surface area contributed by atoms with E-state index in [0.717, 1.165) is 38.5 Å². The van der Waals surface area contributed by atoms with E-state index in [1.54, 1.807) is 0 Å². The molecule has 0 unspecified atom stereocenters. The number of cyclic esters (lactones) is 1. The summed E-state index contributed by atoms with van der Waals surface area (Å²) in [4.78, 5) is 20.3. The van der Waals surface area contributed by atoms with E-state index in [-0.39, 0.29) is 5.97 Å². The van der Waals surface area contributed by atoms with Crippen molar-refractivity contribution in [1.82, 2.24) is 0 Å². The Balaban J connectivity index is 0.000000281. The Hall–Kier alpha value is -1.06. The average molecular weight is 230 g/mol. The summed E-state index contributed by atoms with van der Waals surface area (Å²) >= 11 is 0. The molecular weight excluding hydrogens is 208 g/mol. The Kier molecular flexibility index (Phi) is 9.76. The lowest BCUT2D eigenvalue weighted by atomic mass is 10.2. The molecule has 1 N–H and O–H groups in total. The molecule has 4 heteroatoms. The van der Waals surface area contributed by atoms with Gasteiger partial charge >= 0.3 is 11.9 Å². The van der Waals surface area contributed by atoms with Crippen LogP contribution in [-0.4, -0.2) is 23.7 Å². The largest absolute Gasteiger partial charge is 0.481 e. The summed E-state index contributed by atoms with van der Waals surface area (Å²) in [7, 11) is 0. The average Bonchev–Trinajstić information content (AvgIpc) is 2.47. The maximum atomic E-state index is 10.5. The predicted octanol–water partition coefficient (Wildman–Crippen LogP) is 2.75. The molecule has 0 saturated carbocycles. The van der Waals surface area contributed by atoms with Crippen LogP contribution in [0.4, 0.5) is 0 Å². The molecular formula is C12H22O4. The van der Waals surface area contributed by atoms with Crippen molar-refractivity contribution in [2.24, 2.45) is 0 Å². The molecule has 0 aromatic rings. The number of carboxylic acid groups (broad SMARTS) is 1. The molecule has 0 radical (unpaired) electrons. The normalized spacial score (nSPS) is 15.4. The van der Waals surface area contributed by atoms with Gasteiger partial charge in [-0.05, 0) is 25.7 Å². The Bertz CT molecular complexity index is 191. The van der Waals surface area contributed by atoms with E-state index in [9.17, 15) is 9.59 Å². The highest BCUT2D eigenvalue weighted by atomic mass is 16.5. The highest BCUT2D eigenvalue weighted by Crippen LogP contribution is 2.06. The second kappa shape index (κ2) is 10.5. The van der Waals surface area contributed by atoms with Crippen molar-refractivity contribution in [3.05, 3.63) is 0 Å². The minimum absolute atomic E-state index is 0.0255. The van der Waals surface area contributed by atoms with Crippen molar-refractivity contribution in [3.8, 4) is 0 Å². The van der Waals surface area contributed by atoms with Crippen molar-refractivity contribution < 1.29 is 19.4 Å². The molecule has 1 aliphatic rings. The third-order valence-corrected chi connectivity index (χ3v) is 2.28. The van der Waals surface area contributed by atoms with Gasteiger partial charge in [0.05, 0.1) is 6.61 Å². The minimum atomic E-state index is -0.682. The predicted molar refractivity (Wildman–Crippen MR) is 61.2 cm³/mol. The number of rotatable bonds is 4. The van der Waals surface area contributed by atoms with Gasteiger partial charge in [0.2, 0.25) is 0 Å². The van der Waals surface area contributed by atoms with Crippen LogP contribution < -0.4 is 0 Å². The third kappa shape index (κ3) is 11.0. The Labute approximate surface area is 97.0 Å². The molecule has 0 aliphatic carbocycles. The third-order valence-electron chi connectivity index (χ3n) is 2.28. The Morgan fingerprint density at radius 1 is 1.31 bits per heavy atom. The van der Waals surface area contributed by atoms with Gasteiger partial charge in [0.25, 0.3) is 0 Å². The van der Waals surface area contributed by atoms with Crippen molar-refractivity contribution >= 4 is 11.9 Å². The molecule has 1 saturated heterocycles. The molecule has 94 valence electrons. The first kappa shape index (κ1) is 14.9. The summed E-state index contributed by atoms with van der Waals surface area (Å²) in [6.07, 6.45) is 7.11. The zero-order valence-electron chi connectivity index (χ0n) is 10.0. The standard InChI is InChI=1S/C6H10O2.C6H12O2/c7-6-4-2-1-3-5-8-6;1-2-3-4-5-6(7)8/h1-5H2;2-5H2,1H3,(H,7,8). The van der Waals surface area contributed by atoms with Gasteiger partial charge in [-0.2, -0.15) is 0 Å². The van der Waals surface area contributed by atoms with Gasteiger partial charge in [-0.15, -0.1) is 0 Å². The number of hydrogen-bond acceptors (Lipinski definition) is 3. The second-order valence-electron chi connectivity index (χ2n) is 3.88. The molecule has 1 fully saturated rings. The second-order valence-corrected chi connectivity index (χ2v) is 3.88. The maximum Gasteiger partial charge on any atom is 0.305 e. The Morgan fingerprint density at radius 3 is 2.69 bits per heavy atom. The summed E-state index contributed by atoms with van der Waals surface area (Å²) in [5.41, 5.74) is 0. The SMILES string of the molecule is CCCCCC(=O)O.O=C1CCCCCO1. The van der Waals surface area contributed by atoms with Gasteiger partial charge in [0, 0.05) is 12.8 Å². The first-order valence-electron chi connectivity index (χ1n) is 6.04. The molecule has 0 aromatic carbocycles. The number of ether oxygens (including phenoxy) is 1. The number of carbonyl (C=O) groups excluding carboxylic acids is 1. The molecule has 0 aromatic heterocycles. The van der Waals surface area contributed by atoms with Crippen molar-refractivity contribution in [2.75, 3.05) is 6.61 Å².